The smallest absolute Gasteiger partial charge is 0.0208 e. The molecular formula is C20H32N2. The van der Waals surface area contributed by atoms with Crippen molar-refractivity contribution in [3.63, 3.8) is 0 Å². The lowest BCUT2D eigenvalue weighted by atomic mass is 9.89. The van der Waals surface area contributed by atoms with Crippen molar-refractivity contribution in [3.8, 4) is 0 Å². The maximum atomic E-state index is 3.82. The Labute approximate surface area is 136 Å². The maximum Gasteiger partial charge on any atom is 0.0208 e. The first-order valence-electron chi connectivity index (χ1n) is 9.18. The van der Waals surface area contributed by atoms with E-state index in [9.17, 15) is 0 Å². The number of hydrogen-bond donors (Lipinski definition) is 1. The van der Waals surface area contributed by atoms with Gasteiger partial charge in [0, 0.05) is 32.2 Å². The lowest BCUT2D eigenvalue weighted by molar-refractivity contribution is 0.120. The quantitative estimate of drug-likeness (QED) is 0.821. The Morgan fingerprint density at radius 2 is 1.86 bits per heavy atom. The molecule has 1 saturated carbocycles. The van der Waals surface area contributed by atoms with Crippen molar-refractivity contribution < 1.29 is 0 Å². The topological polar surface area (TPSA) is 15.3 Å². The molecule has 1 heterocycles. The largest absolute Gasteiger partial charge is 0.309 e. The Kier molecular flexibility index (Phi) is 5.54. The van der Waals surface area contributed by atoms with Crippen LogP contribution in [0.1, 0.15) is 45.1 Å². The van der Waals surface area contributed by atoms with Crippen LogP contribution in [-0.4, -0.2) is 30.6 Å². The van der Waals surface area contributed by atoms with Gasteiger partial charge < -0.3 is 10.2 Å². The van der Waals surface area contributed by atoms with E-state index in [0.29, 0.717) is 6.04 Å². The Balaban J connectivity index is 1.53. The van der Waals surface area contributed by atoms with Crippen molar-refractivity contribution >= 4 is 0 Å². The number of nitrogens with zero attached hydrogens (tertiary/aromatic N) is 1. The molecule has 1 aliphatic heterocycles. The molecule has 2 atom stereocenters. The summed E-state index contributed by atoms with van der Waals surface area (Å²) in [6.07, 6.45) is 5.82. The number of nitrogens with one attached hydrogen (secondary N) is 1. The molecule has 0 aromatic heterocycles. The first-order chi connectivity index (χ1) is 10.7. The number of likely N-dealkylation sites (tertiary alicyclic amines) is 1. The molecule has 122 valence electrons. The van der Waals surface area contributed by atoms with E-state index in [1.807, 2.05) is 0 Å². The summed E-state index contributed by atoms with van der Waals surface area (Å²) >= 11 is 0. The van der Waals surface area contributed by atoms with Crippen LogP contribution >= 0.6 is 0 Å². The summed E-state index contributed by atoms with van der Waals surface area (Å²) in [6, 6.07) is 11.5. The van der Waals surface area contributed by atoms with Crippen LogP contribution in [-0.2, 0) is 6.54 Å². The molecule has 2 heteroatoms. The molecule has 1 aromatic rings. The lowest BCUT2D eigenvalue weighted by Crippen LogP contribution is -2.50. The average Bonchev–Trinajstić information content (AvgIpc) is 3.29. The highest BCUT2D eigenvalue weighted by Crippen LogP contribution is 2.37. The van der Waals surface area contributed by atoms with Gasteiger partial charge in [-0.1, -0.05) is 57.0 Å². The maximum absolute atomic E-state index is 3.82. The zero-order chi connectivity index (χ0) is 15.4. The van der Waals surface area contributed by atoms with Crippen LogP contribution in [0.3, 0.4) is 0 Å². The number of rotatable bonds is 7. The predicted molar refractivity (Wildman–Crippen MR) is 93.8 cm³/mol. The standard InChI is InChI=1S/C20H32N2/c1-16(2)13-22-14-19(10-17-8-9-17)11-20(15-22)21-12-18-6-4-3-5-7-18/h3-7,16-17,19-21H,8-15H2,1-2H3. The molecule has 1 N–H and O–H groups in total. The van der Waals surface area contributed by atoms with Gasteiger partial charge in [-0.25, -0.2) is 0 Å². The van der Waals surface area contributed by atoms with Gasteiger partial charge in [0.05, 0.1) is 0 Å². The first kappa shape index (κ1) is 16.0. The van der Waals surface area contributed by atoms with Gasteiger partial charge in [-0.3, -0.25) is 0 Å². The summed E-state index contributed by atoms with van der Waals surface area (Å²) in [5.41, 5.74) is 1.40. The zero-order valence-corrected chi connectivity index (χ0v) is 14.3. The van der Waals surface area contributed by atoms with Crippen molar-refractivity contribution in [2.75, 3.05) is 19.6 Å². The fourth-order valence-electron chi connectivity index (χ4n) is 3.97. The molecule has 1 aromatic carbocycles. The van der Waals surface area contributed by atoms with Gasteiger partial charge in [0.1, 0.15) is 0 Å². The van der Waals surface area contributed by atoms with Crippen molar-refractivity contribution in [3.05, 3.63) is 35.9 Å². The highest BCUT2D eigenvalue weighted by molar-refractivity contribution is 5.14. The molecule has 1 saturated heterocycles. The van der Waals surface area contributed by atoms with E-state index in [0.717, 1.165) is 24.3 Å². The predicted octanol–water partition coefficient (Wildman–Crippen LogP) is 3.92. The van der Waals surface area contributed by atoms with E-state index in [4.69, 9.17) is 0 Å². The zero-order valence-electron chi connectivity index (χ0n) is 14.3. The third kappa shape index (κ3) is 5.10. The van der Waals surface area contributed by atoms with Gasteiger partial charge in [0.25, 0.3) is 0 Å². The molecule has 2 fully saturated rings. The average molecular weight is 300 g/mol. The van der Waals surface area contributed by atoms with Gasteiger partial charge in [-0.05, 0) is 36.2 Å². The second-order valence-electron chi connectivity index (χ2n) is 7.96. The van der Waals surface area contributed by atoms with Crippen molar-refractivity contribution in [1.29, 1.82) is 0 Å². The minimum atomic E-state index is 0.663. The molecule has 2 unspecified atom stereocenters. The van der Waals surface area contributed by atoms with Crippen LogP contribution in [0, 0.1) is 17.8 Å². The summed E-state index contributed by atoms with van der Waals surface area (Å²) in [7, 11) is 0. The Morgan fingerprint density at radius 1 is 1.09 bits per heavy atom. The monoisotopic (exact) mass is 300 g/mol. The summed E-state index contributed by atoms with van der Waals surface area (Å²) < 4.78 is 0. The van der Waals surface area contributed by atoms with Crippen molar-refractivity contribution in [2.45, 2.75) is 52.1 Å². The highest BCUT2D eigenvalue weighted by Gasteiger charge is 2.32. The van der Waals surface area contributed by atoms with Gasteiger partial charge in [0.15, 0.2) is 0 Å². The van der Waals surface area contributed by atoms with Crippen molar-refractivity contribution in [1.82, 2.24) is 10.2 Å². The van der Waals surface area contributed by atoms with E-state index in [1.54, 1.807) is 0 Å². The molecular weight excluding hydrogens is 268 g/mol. The van der Waals surface area contributed by atoms with E-state index >= 15 is 0 Å². The molecule has 1 aliphatic carbocycles. The number of hydrogen-bond acceptors (Lipinski definition) is 2. The number of benzene rings is 1. The normalized spacial score (nSPS) is 26.5. The molecule has 0 spiro atoms. The summed E-state index contributed by atoms with van der Waals surface area (Å²) in [6.45, 7) is 9.51. The summed E-state index contributed by atoms with van der Waals surface area (Å²) in [4.78, 5) is 2.71. The van der Waals surface area contributed by atoms with E-state index in [2.05, 4.69) is 54.4 Å². The van der Waals surface area contributed by atoms with Gasteiger partial charge >= 0.3 is 0 Å². The second-order valence-corrected chi connectivity index (χ2v) is 7.96. The van der Waals surface area contributed by atoms with E-state index in [1.165, 1.54) is 50.9 Å². The lowest BCUT2D eigenvalue weighted by Gasteiger charge is -2.39. The van der Waals surface area contributed by atoms with Crippen molar-refractivity contribution in [2.24, 2.45) is 17.8 Å². The molecule has 0 amide bonds. The Morgan fingerprint density at radius 3 is 2.55 bits per heavy atom. The molecule has 3 rings (SSSR count). The summed E-state index contributed by atoms with van der Waals surface area (Å²) in [5.74, 6) is 2.74. The molecule has 2 nitrogen and oxygen atoms in total. The Bertz CT molecular complexity index is 426. The third-order valence-electron chi connectivity index (χ3n) is 5.04. The number of piperidine rings is 1. The van der Waals surface area contributed by atoms with Gasteiger partial charge in [-0.2, -0.15) is 0 Å². The molecule has 0 bridgehead atoms. The van der Waals surface area contributed by atoms with E-state index < -0.39 is 0 Å². The van der Waals surface area contributed by atoms with Gasteiger partial charge in [0.2, 0.25) is 0 Å². The SMILES string of the molecule is CC(C)CN1CC(CC2CC2)CC(NCc2ccccc2)C1. The summed E-state index contributed by atoms with van der Waals surface area (Å²) in [5, 5.41) is 3.82. The first-order valence-corrected chi connectivity index (χ1v) is 9.18. The second kappa shape index (κ2) is 7.61. The highest BCUT2D eigenvalue weighted by atomic mass is 15.2. The van der Waals surface area contributed by atoms with Crippen LogP contribution in [0.5, 0.6) is 0 Å². The van der Waals surface area contributed by atoms with Crippen LogP contribution in [0.15, 0.2) is 30.3 Å². The van der Waals surface area contributed by atoms with Crippen LogP contribution in [0.25, 0.3) is 0 Å². The molecule has 0 radical (unpaired) electrons. The van der Waals surface area contributed by atoms with Crippen LogP contribution < -0.4 is 5.32 Å². The van der Waals surface area contributed by atoms with Gasteiger partial charge in [-0.15, -0.1) is 0 Å². The molecule has 2 aliphatic rings. The Hall–Kier alpha value is -0.860. The third-order valence-corrected chi connectivity index (χ3v) is 5.04. The fourth-order valence-corrected chi connectivity index (χ4v) is 3.97. The fraction of sp³-hybridized carbons (Fsp3) is 0.700. The molecule has 22 heavy (non-hydrogen) atoms. The minimum Gasteiger partial charge on any atom is -0.309 e. The van der Waals surface area contributed by atoms with Crippen LogP contribution in [0.2, 0.25) is 0 Å². The minimum absolute atomic E-state index is 0.663. The van der Waals surface area contributed by atoms with Crippen LogP contribution in [0.4, 0.5) is 0 Å². The van der Waals surface area contributed by atoms with E-state index in [-0.39, 0.29) is 0 Å².